The van der Waals surface area contributed by atoms with Gasteiger partial charge in [-0.05, 0) is 43.3 Å². The van der Waals surface area contributed by atoms with Crippen LogP contribution in [0.4, 0.5) is 5.69 Å². The van der Waals surface area contributed by atoms with E-state index in [0.29, 0.717) is 11.8 Å². The molecule has 3 aromatic rings. The molecule has 1 atom stereocenters. The maximum Gasteiger partial charge on any atom is 0.247 e. The second kappa shape index (κ2) is 8.53. The van der Waals surface area contributed by atoms with Crippen molar-refractivity contribution in [3.8, 4) is 23.0 Å². The zero-order valence-electron chi connectivity index (χ0n) is 17.0. The van der Waals surface area contributed by atoms with Gasteiger partial charge in [-0.3, -0.25) is 4.90 Å². The Kier molecular flexibility index (Phi) is 5.67. The molecule has 0 bridgehead atoms. The van der Waals surface area contributed by atoms with Crippen LogP contribution in [0.25, 0.3) is 11.5 Å². The molecule has 0 radical (unpaired) electrons. The van der Waals surface area contributed by atoms with Crippen LogP contribution in [0.1, 0.15) is 18.9 Å². The first-order valence-electron chi connectivity index (χ1n) is 9.79. The molecule has 4 rings (SSSR count). The van der Waals surface area contributed by atoms with Crippen LogP contribution in [-0.2, 0) is 0 Å². The van der Waals surface area contributed by atoms with E-state index in [1.807, 2.05) is 36.4 Å². The normalized spacial score (nSPS) is 15.9. The number of nitrogens with zero attached hydrogens (tertiary/aromatic N) is 4. The van der Waals surface area contributed by atoms with Gasteiger partial charge in [-0.15, -0.1) is 10.2 Å². The summed E-state index contributed by atoms with van der Waals surface area (Å²) in [5, 5.41) is 8.52. The quantitative estimate of drug-likeness (QED) is 0.632. The topological polar surface area (TPSA) is 63.9 Å². The van der Waals surface area contributed by atoms with E-state index in [4.69, 9.17) is 13.9 Å². The average molecular weight is 394 g/mol. The number of hydrogen-bond acceptors (Lipinski definition) is 7. The summed E-state index contributed by atoms with van der Waals surface area (Å²) >= 11 is 0. The third kappa shape index (κ3) is 4.19. The van der Waals surface area contributed by atoms with Gasteiger partial charge < -0.3 is 18.8 Å². The fourth-order valence-corrected chi connectivity index (χ4v) is 3.58. The van der Waals surface area contributed by atoms with Crippen LogP contribution in [0.15, 0.2) is 52.9 Å². The summed E-state index contributed by atoms with van der Waals surface area (Å²) in [7, 11) is 3.35. The highest BCUT2D eigenvalue weighted by molar-refractivity contribution is 5.54. The number of hydrogen-bond donors (Lipinski definition) is 0. The molecular weight excluding hydrogens is 368 g/mol. The van der Waals surface area contributed by atoms with E-state index < -0.39 is 0 Å². The molecule has 1 aliphatic heterocycles. The lowest BCUT2D eigenvalue weighted by molar-refractivity contribution is 0.173. The van der Waals surface area contributed by atoms with Crippen LogP contribution in [0.5, 0.6) is 11.5 Å². The molecule has 0 N–H and O–H groups in total. The Hall–Kier alpha value is -3.06. The standard InChI is InChI=1S/C22H26N4O3/c1-16(21-23-24-22(29-21)17-7-9-19(27-2)10-8-17)25-11-13-26(14-12-25)18-5-4-6-20(15-18)28-3/h4-10,15-16H,11-14H2,1-3H3/t16-/m1/s1. The Morgan fingerprint density at radius 3 is 2.31 bits per heavy atom. The molecule has 2 aromatic carbocycles. The molecular formula is C22H26N4O3. The third-order valence-electron chi connectivity index (χ3n) is 5.42. The predicted octanol–water partition coefficient (Wildman–Crippen LogP) is 3.64. The van der Waals surface area contributed by atoms with E-state index in [9.17, 15) is 0 Å². The van der Waals surface area contributed by atoms with E-state index in [0.717, 1.165) is 43.2 Å². The average Bonchev–Trinajstić information content (AvgIpc) is 3.29. The van der Waals surface area contributed by atoms with Crippen molar-refractivity contribution < 1.29 is 13.9 Å². The molecule has 7 nitrogen and oxygen atoms in total. The van der Waals surface area contributed by atoms with Crippen LogP contribution in [0, 0.1) is 0 Å². The number of benzene rings is 2. The van der Waals surface area contributed by atoms with Crippen molar-refractivity contribution >= 4 is 5.69 Å². The Morgan fingerprint density at radius 2 is 1.62 bits per heavy atom. The second-order valence-corrected chi connectivity index (χ2v) is 7.07. The van der Waals surface area contributed by atoms with Gasteiger partial charge in [0.15, 0.2) is 0 Å². The predicted molar refractivity (Wildman–Crippen MR) is 111 cm³/mol. The van der Waals surface area contributed by atoms with Crippen LogP contribution in [-0.4, -0.2) is 55.5 Å². The molecule has 0 spiro atoms. The Labute approximate surface area is 170 Å². The maximum atomic E-state index is 5.97. The molecule has 0 unspecified atom stereocenters. The molecule has 0 saturated carbocycles. The summed E-state index contributed by atoms with van der Waals surface area (Å²) in [6.45, 7) is 5.86. The maximum absolute atomic E-state index is 5.97. The minimum atomic E-state index is 0.0713. The molecule has 152 valence electrons. The monoisotopic (exact) mass is 394 g/mol. The summed E-state index contributed by atoms with van der Waals surface area (Å²) in [6.07, 6.45) is 0. The van der Waals surface area contributed by atoms with Crippen molar-refractivity contribution in [1.29, 1.82) is 0 Å². The number of rotatable bonds is 6. The van der Waals surface area contributed by atoms with Gasteiger partial charge in [-0.1, -0.05) is 6.07 Å². The lowest BCUT2D eigenvalue weighted by atomic mass is 10.2. The van der Waals surface area contributed by atoms with Crippen molar-refractivity contribution in [1.82, 2.24) is 15.1 Å². The molecule has 1 aromatic heterocycles. The molecule has 0 aliphatic carbocycles. The summed E-state index contributed by atoms with van der Waals surface area (Å²) in [6, 6.07) is 15.9. The zero-order chi connectivity index (χ0) is 20.2. The lowest BCUT2D eigenvalue weighted by Crippen LogP contribution is -2.47. The lowest BCUT2D eigenvalue weighted by Gasteiger charge is -2.38. The number of aromatic nitrogens is 2. The molecule has 7 heteroatoms. The molecule has 2 heterocycles. The van der Waals surface area contributed by atoms with Gasteiger partial charge in [0.2, 0.25) is 11.8 Å². The highest BCUT2D eigenvalue weighted by atomic mass is 16.5. The van der Waals surface area contributed by atoms with Gasteiger partial charge in [-0.2, -0.15) is 0 Å². The van der Waals surface area contributed by atoms with Gasteiger partial charge >= 0.3 is 0 Å². The van der Waals surface area contributed by atoms with Crippen LogP contribution < -0.4 is 14.4 Å². The first-order chi connectivity index (χ1) is 14.2. The Bertz CT molecular complexity index is 933. The van der Waals surface area contributed by atoms with Crippen molar-refractivity contribution in [2.75, 3.05) is 45.3 Å². The first-order valence-corrected chi connectivity index (χ1v) is 9.79. The second-order valence-electron chi connectivity index (χ2n) is 7.07. The van der Waals surface area contributed by atoms with Crippen LogP contribution in [0.3, 0.4) is 0 Å². The molecule has 1 fully saturated rings. The molecule has 29 heavy (non-hydrogen) atoms. The summed E-state index contributed by atoms with van der Waals surface area (Å²) in [5.41, 5.74) is 2.08. The smallest absolute Gasteiger partial charge is 0.247 e. The third-order valence-corrected chi connectivity index (χ3v) is 5.42. The first kappa shape index (κ1) is 19.3. The summed E-state index contributed by atoms with van der Waals surface area (Å²) < 4.78 is 16.5. The van der Waals surface area contributed by atoms with Gasteiger partial charge in [-0.25, -0.2) is 0 Å². The number of piperazine rings is 1. The number of methoxy groups -OCH3 is 2. The van der Waals surface area contributed by atoms with Crippen molar-refractivity contribution in [2.45, 2.75) is 13.0 Å². The molecule has 0 amide bonds. The Morgan fingerprint density at radius 1 is 0.897 bits per heavy atom. The van der Waals surface area contributed by atoms with E-state index in [-0.39, 0.29) is 6.04 Å². The van der Waals surface area contributed by atoms with Gasteiger partial charge in [0.1, 0.15) is 11.5 Å². The van der Waals surface area contributed by atoms with Crippen molar-refractivity contribution in [2.24, 2.45) is 0 Å². The minimum absolute atomic E-state index is 0.0713. The minimum Gasteiger partial charge on any atom is -0.497 e. The SMILES string of the molecule is COc1ccc(-c2nnc([C@@H](C)N3CCN(c4cccc(OC)c4)CC3)o2)cc1. The highest BCUT2D eigenvalue weighted by Gasteiger charge is 2.26. The van der Waals surface area contributed by atoms with E-state index >= 15 is 0 Å². The molecule has 1 saturated heterocycles. The van der Waals surface area contributed by atoms with Gasteiger partial charge in [0.25, 0.3) is 0 Å². The summed E-state index contributed by atoms with van der Waals surface area (Å²) in [5.74, 6) is 2.86. The molecule has 1 aliphatic rings. The largest absolute Gasteiger partial charge is 0.497 e. The van der Waals surface area contributed by atoms with Gasteiger partial charge in [0.05, 0.1) is 20.3 Å². The van der Waals surface area contributed by atoms with Gasteiger partial charge in [0, 0.05) is 43.5 Å². The highest BCUT2D eigenvalue weighted by Crippen LogP contribution is 2.27. The van der Waals surface area contributed by atoms with E-state index in [1.54, 1.807) is 14.2 Å². The fraction of sp³-hybridized carbons (Fsp3) is 0.364. The number of anilines is 1. The van der Waals surface area contributed by atoms with E-state index in [2.05, 4.69) is 39.1 Å². The Balaban J connectivity index is 1.39. The van der Waals surface area contributed by atoms with Crippen LogP contribution in [0.2, 0.25) is 0 Å². The zero-order valence-corrected chi connectivity index (χ0v) is 17.0. The number of ether oxygens (including phenoxy) is 2. The van der Waals surface area contributed by atoms with Crippen molar-refractivity contribution in [3.63, 3.8) is 0 Å². The van der Waals surface area contributed by atoms with Crippen LogP contribution >= 0.6 is 0 Å². The van der Waals surface area contributed by atoms with Crippen molar-refractivity contribution in [3.05, 3.63) is 54.4 Å². The van der Waals surface area contributed by atoms with E-state index in [1.165, 1.54) is 5.69 Å². The fourth-order valence-electron chi connectivity index (χ4n) is 3.58. The summed E-state index contributed by atoms with van der Waals surface area (Å²) in [4.78, 5) is 4.75.